The summed E-state index contributed by atoms with van der Waals surface area (Å²) in [6.07, 6.45) is 0. The van der Waals surface area contributed by atoms with Crippen LogP contribution in [-0.4, -0.2) is 18.0 Å². The number of halogens is 2. The molecule has 0 heterocycles. The van der Waals surface area contributed by atoms with Gasteiger partial charge in [-0.15, -0.1) is 12.4 Å². The number of hydrogen-bond donors (Lipinski definition) is 0. The normalized spacial score (nSPS) is 10.0. The van der Waals surface area contributed by atoms with Gasteiger partial charge < -0.3 is 0 Å². The van der Waals surface area contributed by atoms with Gasteiger partial charge in [-0.25, -0.2) is 0 Å². The molecule has 0 saturated heterocycles. The summed E-state index contributed by atoms with van der Waals surface area (Å²) in [4.78, 5) is 2.38. The predicted octanol–water partition coefficient (Wildman–Crippen LogP) is 3.60. The predicted molar refractivity (Wildman–Crippen MR) is 65.3 cm³/mol. The Balaban J connectivity index is 0.00000169. The molecule has 0 bridgehead atoms. The highest BCUT2D eigenvalue weighted by atomic mass is 35.5. The summed E-state index contributed by atoms with van der Waals surface area (Å²) in [6.45, 7) is 7.57. The standard InChI is InChI=1S/C11H16ClN.ClH/c1-3-13(4-2)9-10-5-7-11(12)8-6-10;/h5-8H,3-4,9H2,1-2H3;1H. The highest BCUT2D eigenvalue weighted by molar-refractivity contribution is 6.30. The Morgan fingerprint density at radius 1 is 1.07 bits per heavy atom. The second-order valence-corrected chi connectivity index (χ2v) is 3.52. The highest BCUT2D eigenvalue weighted by Crippen LogP contribution is 2.11. The van der Waals surface area contributed by atoms with Gasteiger partial charge in [0.1, 0.15) is 0 Å². The first kappa shape index (κ1) is 13.8. The summed E-state index contributed by atoms with van der Waals surface area (Å²) >= 11 is 5.80. The maximum absolute atomic E-state index is 5.80. The first-order chi connectivity index (χ1) is 6.26. The lowest BCUT2D eigenvalue weighted by atomic mass is 10.2. The van der Waals surface area contributed by atoms with Crippen molar-refractivity contribution in [3.8, 4) is 0 Å². The second kappa shape index (κ2) is 7.10. The van der Waals surface area contributed by atoms with Crippen molar-refractivity contribution in [1.29, 1.82) is 0 Å². The van der Waals surface area contributed by atoms with E-state index in [-0.39, 0.29) is 12.4 Å². The summed E-state index contributed by atoms with van der Waals surface area (Å²) in [7, 11) is 0. The molecular formula is C11H17Cl2N. The Morgan fingerprint density at radius 2 is 1.57 bits per heavy atom. The lowest BCUT2D eigenvalue weighted by Gasteiger charge is -2.17. The summed E-state index contributed by atoms with van der Waals surface area (Å²) in [5, 5.41) is 0.809. The van der Waals surface area contributed by atoms with Crippen molar-refractivity contribution < 1.29 is 0 Å². The molecule has 0 aliphatic carbocycles. The quantitative estimate of drug-likeness (QED) is 0.769. The number of nitrogens with zero attached hydrogens (tertiary/aromatic N) is 1. The fraction of sp³-hybridized carbons (Fsp3) is 0.455. The van der Waals surface area contributed by atoms with Gasteiger partial charge in [0.2, 0.25) is 0 Å². The van der Waals surface area contributed by atoms with Crippen molar-refractivity contribution in [2.75, 3.05) is 13.1 Å². The molecule has 0 fully saturated rings. The molecule has 0 unspecified atom stereocenters. The molecule has 0 radical (unpaired) electrons. The zero-order valence-electron chi connectivity index (χ0n) is 8.66. The van der Waals surface area contributed by atoms with Crippen LogP contribution in [0.25, 0.3) is 0 Å². The molecule has 80 valence electrons. The van der Waals surface area contributed by atoms with Crippen molar-refractivity contribution in [2.24, 2.45) is 0 Å². The van der Waals surface area contributed by atoms with Crippen molar-refractivity contribution >= 4 is 24.0 Å². The minimum Gasteiger partial charge on any atom is -0.300 e. The monoisotopic (exact) mass is 233 g/mol. The van der Waals surface area contributed by atoms with Crippen LogP contribution in [-0.2, 0) is 6.54 Å². The van der Waals surface area contributed by atoms with E-state index in [0.717, 1.165) is 24.7 Å². The molecule has 14 heavy (non-hydrogen) atoms. The van der Waals surface area contributed by atoms with Crippen molar-refractivity contribution in [3.05, 3.63) is 34.9 Å². The number of benzene rings is 1. The van der Waals surface area contributed by atoms with Crippen LogP contribution in [0, 0.1) is 0 Å². The van der Waals surface area contributed by atoms with E-state index in [9.17, 15) is 0 Å². The van der Waals surface area contributed by atoms with E-state index >= 15 is 0 Å². The Hall–Kier alpha value is -0.240. The van der Waals surface area contributed by atoms with E-state index in [1.54, 1.807) is 0 Å². The van der Waals surface area contributed by atoms with Crippen LogP contribution in [0.2, 0.25) is 5.02 Å². The van der Waals surface area contributed by atoms with E-state index in [2.05, 4.69) is 30.9 Å². The van der Waals surface area contributed by atoms with Crippen LogP contribution in [0.3, 0.4) is 0 Å². The van der Waals surface area contributed by atoms with Crippen LogP contribution in [0.1, 0.15) is 19.4 Å². The third-order valence-corrected chi connectivity index (χ3v) is 2.47. The summed E-state index contributed by atoms with van der Waals surface area (Å²) < 4.78 is 0. The lowest BCUT2D eigenvalue weighted by molar-refractivity contribution is 0.296. The van der Waals surface area contributed by atoms with Crippen molar-refractivity contribution in [3.63, 3.8) is 0 Å². The average Bonchev–Trinajstić information content (AvgIpc) is 2.17. The molecule has 0 amide bonds. The van der Waals surface area contributed by atoms with Gasteiger partial charge in [-0.3, -0.25) is 4.90 Å². The molecule has 0 N–H and O–H groups in total. The zero-order valence-corrected chi connectivity index (χ0v) is 10.2. The van der Waals surface area contributed by atoms with Crippen molar-refractivity contribution in [2.45, 2.75) is 20.4 Å². The largest absolute Gasteiger partial charge is 0.300 e. The minimum absolute atomic E-state index is 0. The van der Waals surface area contributed by atoms with Gasteiger partial charge in [0.15, 0.2) is 0 Å². The third-order valence-electron chi connectivity index (χ3n) is 2.21. The maximum atomic E-state index is 5.80. The first-order valence-electron chi connectivity index (χ1n) is 4.73. The average molecular weight is 234 g/mol. The van der Waals surface area contributed by atoms with Gasteiger partial charge >= 0.3 is 0 Å². The lowest BCUT2D eigenvalue weighted by Crippen LogP contribution is -2.21. The van der Waals surface area contributed by atoms with Gasteiger partial charge in [-0.2, -0.15) is 0 Å². The van der Waals surface area contributed by atoms with Crippen LogP contribution in [0.5, 0.6) is 0 Å². The smallest absolute Gasteiger partial charge is 0.0406 e. The molecule has 3 heteroatoms. The minimum atomic E-state index is 0. The molecule has 0 spiro atoms. The second-order valence-electron chi connectivity index (χ2n) is 3.09. The Bertz CT molecular complexity index is 242. The van der Waals surface area contributed by atoms with E-state index < -0.39 is 0 Å². The Labute approximate surface area is 97.5 Å². The first-order valence-corrected chi connectivity index (χ1v) is 5.10. The van der Waals surface area contributed by atoms with E-state index in [0.29, 0.717) is 0 Å². The molecule has 1 nitrogen and oxygen atoms in total. The van der Waals surface area contributed by atoms with Crippen molar-refractivity contribution in [1.82, 2.24) is 4.90 Å². The summed E-state index contributed by atoms with van der Waals surface area (Å²) in [6, 6.07) is 8.06. The van der Waals surface area contributed by atoms with Gasteiger partial charge in [0.25, 0.3) is 0 Å². The SMILES string of the molecule is CCN(CC)Cc1ccc(Cl)cc1.Cl. The van der Waals surface area contributed by atoms with Crippen LogP contribution < -0.4 is 0 Å². The van der Waals surface area contributed by atoms with Crippen LogP contribution in [0.4, 0.5) is 0 Å². The van der Waals surface area contributed by atoms with E-state index in [1.165, 1.54) is 5.56 Å². The molecule has 0 aliphatic heterocycles. The summed E-state index contributed by atoms with van der Waals surface area (Å²) in [5.41, 5.74) is 1.33. The molecule has 1 aromatic rings. The molecule has 0 aromatic heterocycles. The molecular weight excluding hydrogens is 217 g/mol. The van der Waals surface area contributed by atoms with E-state index in [1.807, 2.05) is 12.1 Å². The molecule has 1 aromatic carbocycles. The molecule has 0 atom stereocenters. The third kappa shape index (κ3) is 4.32. The fourth-order valence-corrected chi connectivity index (χ4v) is 1.42. The summed E-state index contributed by atoms with van der Waals surface area (Å²) in [5.74, 6) is 0. The Kier molecular flexibility index (Phi) is 6.98. The maximum Gasteiger partial charge on any atom is 0.0406 e. The van der Waals surface area contributed by atoms with Gasteiger partial charge in [0, 0.05) is 11.6 Å². The van der Waals surface area contributed by atoms with Gasteiger partial charge in [0.05, 0.1) is 0 Å². The van der Waals surface area contributed by atoms with E-state index in [4.69, 9.17) is 11.6 Å². The molecule has 0 saturated carbocycles. The van der Waals surface area contributed by atoms with Crippen LogP contribution in [0.15, 0.2) is 24.3 Å². The fourth-order valence-electron chi connectivity index (χ4n) is 1.30. The topological polar surface area (TPSA) is 3.24 Å². The number of rotatable bonds is 4. The van der Waals surface area contributed by atoms with Crippen LogP contribution >= 0.6 is 24.0 Å². The molecule has 0 aliphatic rings. The number of hydrogen-bond acceptors (Lipinski definition) is 1. The highest BCUT2D eigenvalue weighted by Gasteiger charge is 1.99. The van der Waals surface area contributed by atoms with Gasteiger partial charge in [-0.05, 0) is 30.8 Å². The van der Waals surface area contributed by atoms with Gasteiger partial charge in [-0.1, -0.05) is 37.6 Å². The molecule has 1 rings (SSSR count). The Morgan fingerprint density at radius 3 is 2.00 bits per heavy atom. The zero-order chi connectivity index (χ0) is 9.68.